The molecule has 0 aliphatic carbocycles. The highest BCUT2D eigenvalue weighted by Gasteiger charge is 2.23. The Bertz CT molecular complexity index is 776. The summed E-state index contributed by atoms with van der Waals surface area (Å²) in [5.74, 6) is 2.05. The molecular formula is C20H26IN3O3. The van der Waals surface area contributed by atoms with Crippen molar-refractivity contribution in [3.05, 3.63) is 53.6 Å². The molecule has 1 unspecified atom stereocenters. The third-order valence-corrected chi connectivity index (χ3v) is 4.57. The zero-order chi connectivity index (χ0) is 18.5. The molecule has 7 heteroatoms. The quantitative estimate of drug-likeness (QED) is 0.389. The maximum Gasteiger partial charge on any atom is 0.198 e. The van der Waals surface area contributed by atoms with E-state index in [0.717, 1.165) is 30.2 Å². The molecule has 1 heterocycles. The molecule has 0 saturated heterocycles. The van der Waals surface area contributed by atoms with Crippen LogP contribution in [0.2, 0.25) is 0 Å². The molecule has 0 saturated carbocycles. The van der Waals surface area contributed by atoms with Gasteiger partial charge in [0, 0.05) is 31.9 Å². The van der Waals surface area contributed by atoms with E-state index in [9.17, 15) is 5.11 Å². The molecule has 6 nitrogen and oxygen atoms in total. The minimum atomic E-state index is -0.714. The molecule has 2 aromatic rings. The molecule has 2 N–H and O–H groups in total. The summed E-state index contributed by atoms with van der Waals surface area (Å²) in [6.07, 6.45) is 0.278. The van der Waals surface area contributed by atoms with Gasteiger partial charge in [-0.05, 0) is 35.7 Å². The fourth-order valence-corrected chi connectivity index (χ4v) is 3.18. The van der Waals surface area contributed by atoms with Crippen LogP contribution in [0.15, 0.2) is 47.5 Å². The highest BCUT2D eigenvalue weighted by Crippen LogP contribution is 2.28. The molecule has 0 amide bonds. The lowest BCUT2D eigenvalue weighted by molar-refractivity contribution is 0.180. The minimum absolute atomic E-state index is 0. The van der Waals surface area contributed by atoms with E-state index in [2.05, 4.69) is 33.4 Å². The molecule has 0 spiro atoms. The molecular weight excluding hydrogens is 457 g/mol. The van der Waals surface area contributed by atoms with E-state index in [4.69, 9.17) is 9.47 Å². The van der Waals surface area contributed by atoms with Crippen molar-refractivity contribution < 1.29 is 14.6 Å². The van der Waals surface area contributed by atoms with Crippen LogP contribution in [0, 0.1) is 0 Å². The number of nitrogens with one attached hydrogen (secondary N) is 1. The van der Waals surface area contributed by atoms with Gasteiger partial charge in [0.15, 0.2) is 5.96 Å². The van der Waals surface area contributed by atoms with E-state index in [1.807, 2.05) is 18.2 Å². The number of para-hydroxylation sites is 1. The number of nitrogens with zero attached hydrogens (tertiary/aromatic N) is 2. The van der Waals surface area contributed by atoms with Crippen molar-refractivity contribution in [1.82, 2.24) is 5.32 Å². The summed E-state index contributed by atoms with van der Waals surface area (Å²) in [4.78, 5) is 6.52. The summed E-state index contributed by atoms with van der Waals surface area (Å²) in [6, 6.07) is 13.7. The van der Waals surface area contributed by atoms with Gasteiger partial charge in [0.2, 0.25) is 0 Å². The zero-order valence-corrected chi connectivity index (χ0v) is 18.1. The maximum absolute atomic E-state index is 10.6. The monoisotopic (exact) mass is 483 g/mol. The van der Waals surface area contributed by atoms with E-state index in [1.165, 1.54) is 5.56 Å². The van der Waals surface area contributed by atoms with Gasteiger partial charge in [0.1, 0.15) is 11.5 Å². The number of benzene rings is 2. The summed E-state index contributed by atoms with van der Waals surface area (Å²) in [7, 11) is 4.94. The summed E-state index contributed by atoms with van der Waals surface area (Å²) in [5.41, 5.74) is 3.21. The van der Waals surface area contributed by atoms with E-state index in [1.54, 1.807) is 27.3 Å². The van der Waals surface area contributed by atoms with Crippen LogP contribution in [0.1, 0.15) is 17.2 Å². The third-order valence-electron chi connectivity index (χ3n) is 4.57. The summed E-state index contributed by atoms with van der Waals surface area (Å²) in [5, 5.41) is 13.9. The molecule has 3 rings (SSSR count). The highest BCUT2D eigenvalue weighted by molar-refractivity contribution is 14.0. The molecule has 0 radical (unpaired) electrons. The second-order valence-corrected chi connectivity index (χ2v) is 6.12. The van der Waals surface area contributed by atoms with Gasteiger partial charge >= 0.3 is 0 Å². The summed E-state index contributed by atoms with van der Waals surface area (Å²) < 4.78 is 10.5. The van der Waals surface area contributed by atoms with Crippen molar-refractivity contribution >= 4 is 35.6 Å². The number of aliphatic hydroxyl groups is 1. The molecule has 1 aliphatic rings. The van der Waals surface area contributed by atoms with E-state index in [0.29, 0.717) is 18.0 Å². The van der Waals surface area contributed by atoms with E-state index < -0.39 is 6.10 Å². The van der Waals surface area contributed by atoms with Crippen LogP contribution in [0.4, 0.5) is 5.69 Å². The van der Waals surface area contributed by atoms with Gasteiger partial charge in [-0.2, -0.15) is 0 Å². The lowest BCUT2D eigenvalue weighted by Gasteiger charge is -2.23. The van der Waals surface area contributed by atoms with Gasteiger partial charge in [-0.1, -0.05) is 18.2 Å². The number of rotatable bonds is 5. The van der Waals surface area contributed by atoms with Crippen molar-refractivity contribution in [1.29, 1.82) is 0 Å². The number of anilines is 1. The van der Waals surface area contributed by atoms with Crippen molar-refractivity contribution in [3.8, 4) is 11.5 Å². The average molecular weight is 483 g/mol. The highest BCUT2D eigenvalue weighted by atomic mass is 127. The second-order valence-electron chi connectivity index (χ2n) is 6.12. The number of hydrogen-bond acceptors (Lipinski definition) is 4. The fourth-order valence-electron chi connectivity index (χ4n) is 3.18. The van der Waals surface area contributed by atoms with Crippen molar-refractivity contribution in [2.24, 2.45) is 4.99 Å². The number of halogens is 1. The van der Waals surface area contributed by atoms with Crippen LogP contribution in [-0.4, -0.2) is 45.4 Å². The standard InChI is InChI=1S/C20H25N3O3.HI/c1-21-20(23-9-8-14-6-4-5-7-18(14)23)22-13-19(24)15-10-16(25-2)12-17(11-15)26-3;/h4-7,10-12,19,24H,8-9,13H2,1-3H3,(H,21,22);1H. The predicted octanol–water partition coefficient (Wildman–Crippen LogP) is 2.99. The second kappa shape index (κ2) is 9.80. The van der Waals surface area contributed by atoms with Crippen molar-refractivity contribution in [2.75, 3.05) is 39.3 Å². The molecule has 1 atom stereocenters. The normalized spacial score (nSPS) is 14.2. The average Bonchev–Trinajstić information content (AvgIpc) is 3.12. The van der Waals surface area contributed by atoms with Crippen LogP contribution >= 0.6 is 24.0 Å². The van der Waals surface area contributed by atoms with Gasteiger partial charge in [-0.15, -0.1) is 24.0 Å². The van der Waals surface area contributed by atoms with Crippen LogP contribution in [0.3, 0.4) is 0 Å². The minimum Gasteiger partial charge on any atom is -0.497 e. The Balaban J connectivity index is 0.00000261. The number of aliphatic imine (C=N–C) groups is 1. The maximum atomic E-state index is 10.6. The first kappa shape index (κ1) is 21.3. The van der Waals surface area contributed by atoms with E-state index >= 15 is 0 Å². The van der Waals surface area contributed by atoms with Gasteiger partial charge in [-0.25, -0.2) is 0 Å². The van der Waals surface area contributed by atoms with Crippen molar-refractivity contribution in [2.45, 2.75) is 12.5 Å². The Hall–Kier alpha value is -2.00. The largest absolute Gasteiger partial charge is 0.497 e. The van der Waals surface area contributed by atoms with Crippen LogP contribution in [0.25, 0.3) is 0 Å². The Morgan fingerprint density at radius 2 is 1.85 bits per heavy atom. The number of fused-ring (bicyclic) bond motifs is 1. The first-order valence-electron chi connectivity index (χ1n) is 8.63. The first-order chi connectivity index (χ1) is 12.7. The summed E-state index contributed by atoms with van der Waals surface area (Å²) >= 11 is 0. The molecule has 0 aromatic heterocycles. The lowest BCUT2D eigenvalue weighted by atomic mass is 10.1. The number of methoxy groups -OCH3 is 2. The number of hydrogen-bond donors (Lipinski definition) is 2. The topological polar surface area (TPSA) is 66.3 Å². The number of guanidine groups is 1. The van der Waals surface area contributed by atoms with Crippen molar-refractivity contribution in [3.63, 3.8) is 0 Å². The first-order valence-corrected chi connectivity index (χ1v) is 8.63. The molecule has 1 aliphatic heterocycles. The molecule has 146 valence electrons. The predicted molar refractivity (Wildman–Crippen MR) is 119 cm³/mol. The Kier molecular flexibility index (Phi) is 7.73. The molecule has 0 fully saturated rings. The van der Waals surface area contributed by atoms with Gasteiger partial charge < -0.3 is 24.8 Å². The summed E-state index contributed by atoms with van der Waals surface area (Å²) in [6.45, 7) is 1.21. The SMILES string of the molecule is CN=C(NCC(O)c1cc(OC)cc(OC)c1)N1CCc2ccccc21.I. The zero-order valence-electron chi connectivity index (χ0n) is 15.8. The number of ether oxygens (including phenoxy) is 2. The Morgan fingerprint density at radius 3 is 2.48 bits per heavy atom. The number of aliphatic hydroxyl groups excluding tert-OH is 1. The smallest absolute Gasteiger partial charge is 0.198 e. The van der Waals surface area contributed by atoms with Gasteiger partial charge in [-0.3, -0.25) is 4.99 Å². The molecule has 27 heavy (non-hydrogen) atoms. The molecule has 2 aromatic carbocycles. The van der Waals surface area contributed by atoms with Gasteiger partial charge in [0.05, 0.1) is 20.3 Å². The van der Waals surface area contributed by atoms with Gasteiger partial charge in [0.25, 0.3) is 0 Å². The molecule has 0 bridgehead atoms. The van der Waals surface area contributed by atoms with Crippen LogP contribution < -0.4 is 19.7 Å². The Labute approximate surface area is 177 Å². The van der Waals surface area contributed by atoms with E-state index in [-0.39, 0.29) is 24.0 Å². The van der Waals surface area contributed by atoms with Crippen LogP contribution in [-0.2, 0) is 6.42 Å². The lowest BCUT2D eigenvalue weighted by Crippen LogP contribution is -2.42. The Morgan fingerprint density at radius 1 is 1.19 bits per heavy atom. The van der Waals surface area contributed by atoms with Crippen LogP contribution in [0.5, 0.6) is 11.5 Å². The third kappa shape index (κ3) is 4.84. The fraction of sp³-hybridized carbons (Fsp3) is 0.350.